The van der Waals surface area contributed by atoms with E-state index in [2.05, 4.69) is 21.3 Å². The Balaban J connectivity index is 1.51. The highest BCUT2D eigenvalue weighted by molar-refractivity contribution is 6.19. The Morgan fingerprint density at radius 3 is 2.68 bits per heavy atom. The monoisotopic (exact) mass is 457 g/mol. The molecule has 1 amide bonds. The van der Waals surface area contributed by atoms with Gasteiger partial charge in [0, 0.05) is 36.0 Å². The molecule has 1 saturated heterocycles. The van der Waals surface area contributed by atoms with Crippen molar-refractivity contribution in [3.8, 4) is 0 Å². The molecule has 2 aliphatic rings. The van der Waals surface area contributed by atoms with Crippen LogP contribution in [0.25, 0.3) is 0 Å². The average Bonchev–Trinajstić information content (AvgIpc) is 3.06. The predicted octanol–water partition coefficient (Wildman–Crippen LogP) is 3.69. The summed E-state index contributed by atoms with van der Waals surface area (Å²) in [5.41, 5.74) is 7.59. The number of anilines is 2. The van der Waals surface area contributed by atoms with Gasteiger partial charge in [-0.15, -0.1) is 0 Å². The molecule has 2 aliphatic heterocycles. The number of carbonyl (C=O) groups excluding carboxylic acids is 1. The number of para-hydroxylation sites is 2. The van der Waals surface area contributed by atoms with Gasteiger partial charge >= 0.3 is 0 Å². The Labute approximate surface area is 198 Å². The smallest absolute Gasteiger partial charge is 0.274 e. The molecule has 0 unspecified atom stereocenters. The second-order valence-electron chi connectivity index (χ2n) is 8.37. The highest BCUT2D eigenvalue weighted by Gasteiger charge is 2.22. The van der Waals surface area contributed by atoms with Crippen molar-refractivity contribution in [1.82, 2.24) is 15.4 Å². The number of amides is 1. The number of aliphatic imine (C=N–C) groups is 1. The van der Waals surface area contributed by atoms with Gasteiger partial charge in [0.05, 0.1) is 30.3 Å². The summed E-state index contributed by atoms with van der Waals surface area (Å²) in [6.45, 7) is 4.57. The lowest BCUT2D eigenvalue weighted by atomic mass is 9.95. The fraction of sp³-hybridized carbons (Fsp3) is 0.269. The summed E-state index contributed by atoms with van der Waals surface area (Å²) in [6, 6.07) is 17.0. The normalized spacial score (nSPS) is 15.4. The van der Waals surface area contributed by atoms with Crippen LogP contribution in [-0.4, -0.2) is 59.6 Å². The first-order valence-corrected chi connectivity index (χ1v) is 11.5. The number of benzene rings is 2. The summed E-state index contributed by atoms with van der Waals surface area (Å²) >= 11 is 0. The summed E-state index contributed by atoms with van der Waals surface area (Å²) < 4.78 is 5.46. The molecular formula is C26H27N5O3. The number of hydroxylamine groups is 1. The Morgan fingerprint density at radius 2 is 1.88 bits per heavy atom. The third-order valence-corrected chi connectivity index (χ3v) is 6.21. The van der Waals surface area contributed by atoms with Gasteiger partial charge in [0.25, 0.3) is 5.91 Å². The van der Waals surface area contributed by atoms with E-state index in [0.717, 1.165) is 79.7 Å². The van der Waals surface area contributed by atoms with Crippen LogP contribution in [0.2, 0.25) is 0 Å². The molecule has 1 fully saturated rings. The van der Waals surface area contributed by atoms with Crippen molar-refractivity contribution in [2.24, 2.45) is 4.99 Å². The van der Waals surface area contributed by atoms with Gasteiger partial charge in [-0.1, -0.05) is 24.3 Å². The number of hydrogen-bond acceptors (Lipinski definition) is 7. The number of pyridine rings is 1. The number of aryl methyl sites for hydroxylation is 1. The number of aromatic nitrogens is 1. The van der Waals surface area contributed by atoms with Gasteiger partial charge in [-0.25, -0.2) is 15.5 Å². The summed E-state index contributed by atoms with van der Waals surface area (Å²) in [7, 11) is 0. The van der Waals surface area contributed by atoms with E-state index in [-0.39, 0.29) is 0 Å². The van der Waals surface area contributed by atoms with Crippen LogP contribution in [0.1, 0.15) is 33.5 Å². The standard InChI is InChI=1S/C26H27N5O3/c32-26(30-33)20-9-7-19(8-10-20)24-23-18(4-3-13-31-14-16-34-17-15-31)11-12-27-25(23)29-22-6-2-1-5-21(22)28-24/h1-2,5-12,33H,3-4,13-17H2,(H,27,29)(H,30,32). The molecule has 0 atom stereocenters. The molecule has 1 aromatic heterocycles. The fourth-order valence-corrected chi connectivity index (χ4v) is 4.42. The van der Waals surface area contributed by atoms with E-state index >= 15 is 0 Å². The second-order valence-corrected chi connectivity index (χ2v) is 8.37. The first-order chi connectivity index (χ1) is 16.7. The summed E-state index contributed by atoms with van der Waals surface area (Å²) in [5, 5.41) is 12.4. The molecule has 2 aromatic carbocycles. The van der Waals surface area contributed by atoms with Crippen molar-refractivity contribution in [3.63, 3.8) is 0 Å². The number of ether oxygens (including phenoxy) is 1. The molecule has 0 saturated carbocycles. The van der Waals surface area contributed by atoms with Crippen LogP contribution in [0.4, 0.5) is 17.2 Å². The lowest BCUT2D eigenvalue weighted by molar-refractivity contribution is 0.0374. The maximum Gasteiger partial charge on any atom is 0.274 e. The van der Waals surface area contributed by atoms with E-state index in [9.17, 15) is 4.79 Å². The third-order valence-electron chi connectivity index (χ3n) is 6.21. The first-order valence-electron chi connectivity index (χ1n) is 11.5. The number of morpholine rings is 1. The van der Waals surface area contributed by atoms with E-state index < -0.39 is 5.91 Å². The van der Waals surface area contributed by atoms with Crippen molar-refractivity contribution >= 4 is 28.8 Å². The van der Waals surface area contributed by atoms with Crippen LogP contribution >= 0.6 is 0 Å². The van der Waals surface area contributed by atoms with Crippen LogP contribution in [-0.2, 0) is 11.2 Å². The fourth-order valence-electron chi connectivity index (χ4n) is 4.42. The van der Waals surface area contributed by atoms with Crippen molar-refractivity contribution in [2.75, 3.05) is 38.2 Å². The number of fused-ring (bicyclic) bond motifs is 2. The molecule has 0 spiro atoms. The van der Waals surface area contributed by atoms with Crippen LogP contribution in [0.5, 0.6) is 0 Å². The molecule has 0 bridgehead atoms. The minimum atomic E-state index is -0.549. The maximum absolute atomic E-state index is 11.8. The molecule has 3 aromatic rings. The van der Waals surface area contributed by atoms with Crippen molar-refractivity contribution in [3.05, 3.63) is 83.0 Å². The zero-order valence-corrected chi connectivity index (χ0v) is 18.8. The maximum atomic E-state index is 11.8. The molecule has 174 valence electrons. The minimum Gasteiger partial charge on any atom is -0.379 e. The quantitative estimate of drug-likeness (QED) is 0.302. The third kappa shape index (κ3) is 4.70. The number of rotatable bonds is 6. The molecular weight excluding hydrogens is 430 g/mol. The molecule has 8 heteroatoms. The van der Waals surface area contributed by atoms with Gasteiger partial charge < -0.3 is 10.1 Å². The largest absolute Gasteiger partial charge is 0.379 e. The Kier molecular flexibility index (Phi) is 6.62. The van der Waals surface area contributed by atoms with E-state index in [1.54, 1.807) is 17.6 Å². The minimum absolute atomic E-state index is 0.371. The molecule has 0 aliphatic carbocycles. The van der Waals surface area contributed by atoms with Gasteiger partial charge in [0.1, 0.15) is 5.82 Å². The molecule has 8 nitrogen and oxygen atoms in total. The molecule has 3 N–H and O–H groups in total. The molecule has 5 rings (SSSR count). The zero-order chi connectivity index (χ0) is 23.3. The van der Waals surface area contributed by atoms with Crippen LogP contribution in [0.15, 0.2) is 65.8 Å². The van der Waals surface area contributed by atoms with E-state index in [1.807, 2.05) is 42.6 Å². The Morgan fingerprint density at radius 1 is 1.09 bits per heavy atom. The second kappa shape index (κ2) is 10.1. The van der Waals surface area contributed by atoms with Gasteiger partial charge in [0.15, 0.2) is 0 Å². The first kappa shape index (κ1) is 22.2. The number of nitrogens with one attached hydrogen (secondary N) is 2. The average molecular weight is 458 g/mol. The van der Waals surface area contributed by atoms with Gasteiger partial charge in [-0.3, -0.25) is 14.9 Å². The van der Waals surface area contributed by atoms with Crippen molar-refractivity contribution in [2.45, 2.75) is 12.8 Å². The highest BCUT2D eigenvalue weighted by Crippen LogP contribution is 2.36. The topological polar surface area (TPSA) is 99.1 Å². The summed E-state index contributed by atoms with van der Waals surface area (Å²) in [6.07, 6.45) is 3.76. The summed E-state index contributed by atoms with van der Waals surface area (Å²) in [4.78, 5) is 23.9. The lowest BCUT2D eigenvalue weighted by Crippen LogP contribution is -2.37. The number of nitrogens with zero attached hydrogens (tertiary/aromatic N) is 3. The Hall–Kier alpha value is -3.59. The van der Waals surface area contributed by atoms with E-state index in [0.29, 0.717) is 5.56 Å². The number of carbonyl (C=O) groups is 1. The molecule has 3 heterocycles. The van der Waals surface area contributed by atoms with Crippen LogP contribution in [0.3, 0.4) is 0 Å². The molecule has 34 heavy (non-hydrogen) atoms. The number of hydrogen-bond donors (Lipinski definition) is 3. The van der Waals surface area contributed by atoms with Gasteiger partial charge in [-0.05, 0) is 55.3 Å². The lowest BCUT2D eigenvalue weighted by Gasteiger charge is -2.26. The van der Waals surface area contributed by atoms with Gasteiger partial charge in [-0.2, -0.15) is 0 Å². The van der Waals surface area contributed by atoms with Crippen LogP contribution in [0, 0.1) is 0 Å². The van der Waals surface area contributed by atoms with Gasteiger partial charge in [0.2, 0.25) is 0 Å². The van der Waals surface area contributed by atoms with Crippen LogP contribution < -0.4 is 10.8 Å². The zero-order valence-electron chi connectivity index (χ0n) is 18.8. The van der Waals surface area contributed by atoms with Crippen molar-refractivity contribution in [1.29, 1.82) is 0 Å². The Bertz CT molecular complexity index is 1200. The van der Waals surface area contributed by atoms with Crippen molar-refractivity contribution < 1.29 is 14.7 Å². The van der Waals surface area contributed by atoms with E-state index in [1.165, 1.54) is 5.56 Å². The predicted molar refractivity (Wildman–Crippen MR) is 131 cm³/mol. The van der Waals surface area contributed by atoms with E-state index in [4.69, 9.17) is 14.9 Å². The highest BCUT2D eigenvalue weighted by atomic mass is 16.5. The molecule has 0 radical (unpaired) electrons. The SMILES string of the molecule is O=C(NO)c1ccc(C2=Nc3ccccc3Nc3nccc(CCCN4CCOCC4)c32)cc1. The summed E-state index contributed by atoms with van der Waals surface area (Å²) in [5.74, 6) is 0.219.